The Morgan fingerprint density at radius 3 is 1.91 bits per heavy atom. The molecule has 0 fully saturated rings. The number of benzene rings is 2. The fraction of sp³-hybridized carbons (Fsp3) is 0.429. The summed E-state index contributed by atoms with van der Waals surface area (Å²) < 4.78 is 34.3. The van der Waals surface area contributed by atoms with E-state index >= 15 is 0 Å². The highest BCUT2D eigenvalue weighted by atomic mass is 32.2. The molecule has 0 spiro atoms. The van der Waals surface area contributed by atoms with E-state index in [9.17, 15) is 8.42 Å². The van der Waals surface area contributed by atoms with Crippen molar-refractivity contribution in [1.29, 1.82) is 0 Å². The molecule has 0 unspecified atom stereocenters. The highest BCUT2D eigenvalue weighted by Crippen LogP contribution is 2.37. The van der Waals surface area contributed by atoms with Crippen molar-refractivity contribution in [3.05, 3.63) is 85.0 Å². The van der Waals surface area contributed by atoms with Gasteiger partial charge < -0.3 is 4.43 Å². The molecule has 2 aromatic carbocycles. The van der Waals surface area contributed by atoms with Crippen molar-refractivity contribution in [2.75, 3.05) is 19.5 Å². The molecular weight excluding hydrogens is 460 g/mol. The van der Waals surface area contributed by atoms with Gasteiger partial charge in [-0.25, -0.2) is 0 Å². The molecule has 0 aromatic heterocycles. The van der Waals surface area contributed by atoms with Crippen molar-refractivity contribution in [2.24, 2.45) is 11.8 Å². The molecule has 2 rings (SSSR count). The van der Waals surface area contributed by atoms with Crippen molar-refractivity contribution in [1.82, 2.24) is 0 Å². The minimum Gasteiger partial charge on any atom is -0.407 e. The molecule has 0 radical (unpaired) electrons. The van der Waals surface area contributed by atoms with Gasteiger partial charge >= 0.3 is 0 Å². The summed E-state index contributed by atoms with van der Waals surface area (Å²) >= 11 is 0. The van der Waals surface area contributed by atoms with Crippen LogP contribution in [0, 0.1) is 11.8 Å². The SMILES string of the molecule is C=C(/C=C/[C@H](CCO[Si](c1ccccc1)(c1ccccc1)C(C)(C)C)C(C)C)COS(C)(=O)=O. The Kier molecular flexibility index (Phi) is 10.1. The monoisotopic (exact) mass is 500 g/mol. The number of hydrogen-bond donors (Lipinski definition) is 0. The summed E-state index contributed by atoms with van der Waals surface area (Å²) in [5.41, 5.74) is 0.629. The third kappa shape index (κ3) is 7.77. The van der Waals surface area contributed by atoms with Gasteiger partial charge in [0.1, 0.15) is 0 Å². The third-order valence-electron chi connectivity index (χ3n) is 6.08. The molecule has 34 heavy (non-hydrogen) atoms. The lowest BCUT2D eigenvalue weighted by atomic mass is 9.92. The van der Waals surface area contributed by atoms with Crippen molar-refractivity contribution >= 4 is 28.8 Å². The molecule has 2 aromatic rings. The van der Waals surface area contributed by atoms with Gasteiger partial charge in [-0.05, 0) is 39.2 Å². The lowest BCUT2D eigenvalue weighted by Gasteiger charge is -2.43. The Morgan fingerprint density at radius 2 is 1.50 bits per heavy atom. The molecule has 0 bridgehead atoms. The smallest absolute Gasteiger partial charge is 0.264 e. The Morgan fingerprint density at radius 1 is 1.00 bits per heavy atom. The summed E-state index contributed by atoms with van der Waals surface area (Å²) in [6, 6.07) is 21.3. The fourth-order valence-electron chi connectivity index (χ4n) is 4.25. The van der Waals surface area contributed by atoms with Crippen LogP contribution in [0.25, 0.3) is 0 Å². The summed E-state index contributed by atoms with van der Waals surface area (Å²) in [5, 5.41) is 2.49. The molecular formula is C28H40O4SSi. The first-order chi connectivity index (χ1) is 15.9. The van der Waals surface area contributed by atoms with E-state index in [2.05, 4.69) is 108 Å². The fourth-order valence-corrected chi connectivity index (χ4v) is 9.20. The molecule has 0 N–H and O–H groups in total. The van der Waals surface area contributed by atoms with Gasteiger partial charge in [-0.15, -0.1) is 0 Å². The van der Waals surface area contributed by atoms with E-state index in [1.165, 1.54) is 10.4 Å². The molecule has 0 aliphatic carbocycles. The first-order valence-electron chi connectivity index (χ1n) is 11.8. The van der Waals surface area contributed by atoms with Gasteiger partial charge in [-0.3, -0.25) is 4.18 Å². The van der Waals surface area contributed by atoms with Crippen LogP contribution in [0.5, 0.6) is 0 Å². The number of rotatable bonds is 12. The summed E-state index contributed by atoms with van der Waals surface area (Å²) in [7, 11) is -6.04. The topological polar surface area (TPSA) is 52.6 Å². The molecule has 186 valence electrons. The number of hydrogen-bond acceptors (Lipinski definition) is 4. The van der Waals surface area contributed by atoms with E-state index < -0.39 is 18.4 Å². The van der Waals surface area contributed by atoms with Crippen LogP contribution in [-0.2, 0) is 18.7 Å². The van der Waals surface area contributed by atoms with E-state index in [1.807, 2.05) is 6.08 Å². The van der Waals surface area contributed by atoms with Crippen LogP contribution in [0.2, 0.25) is 5.04 Å². The summed E-state index contributed by atoms with van der Waals surface area (Å²) in [4.78, 5) is 0. The molecule has 4 nitrogen and oxygen atoms in total. The Balaban J connectivity index is 2.26. The van der Waals surface area contributed by atoms with Crippen LogP contribution in [0.3, 0.4) is 0 Å². The van der Waals surface area contributed by atoms with Crippen molar-refractivity contribution < 1.29 is 17.0 Å². The zero-order chi connectivity index (χ0) is 25.4. The van der Waals surface area contributed by atoms with Gasteiger partial charge in [0.25, 0.3) is 18.4 Å². The minimum absolute atomic E-state index is 0.0291. The maximum absolute atomic E-state index is 11.2. The Labute approximate surface area is 208 Å². The van der Waals surface area contributed by atoms with Crippen LogP contribution in [0.15, 0.2) is 85.0 Å². The molecule has 0 saturated heterocycles. The predicted molar refractivity (Wildman–Crippen MR) is 146 cm³/mol. The molecule has 6 heteroatoms. The zero-order valence-electron chi connectivity index (χ0n) is 21.5. The zero-order valence-corrected chi connectivity index (χ0v) is 23.3. The van der Waals surface area contributed by atoms with Gasteiger partial charge in [0.15, 0.2) is 0 Å². The Hall–Kier alpha value is -1.99. The molecule has 1 atom stereocenters. The number of allylic oxidation sites excluding steroid dienone is 1. The van der Waals surface area contributed by atoms with Crippen LogP contribution < -0.4 is 10.4 Å². The summed E-state index contributed by atoms with van der Waals surface area (Å²) in [6.07, 6.45) is 5.88. The van der Waals surface area contributed by atoms with Gasteiger partial charge in [0.2, 0.25) is 0 Å². The summed E-state index contributed by atoms with van der Waals surface area (Å²) in [5.74, 6) is 0.677. The lowest BCUT2D eigenvalue weighted by Crippen LogP contribution is -2.66. The van der Waals surface area contributed by atoms with Gasteiger partial charge in [0, 0.05) is 6.61 Å². The molecule has 0 saturated carbocycles. The standard InChI is InChI=1S/C28H40O4SSi/c1-23(2)25(19-18-24(3)22-31-33(7,29)30)20-21-32-34(28(4,5)6,26-14-10-8-11-15-26)27-16-12-9-13-17-27/h8-19,23,25H,3,20-22H2,1-2,4-7H3/b19-18+/t25-/m1/s1. The van der Waals surface area contributed by atoms with Crippen molar-refractivity contribution in [3.8, 4) is 0 Å². The average Bonchev–Trinajstić information content (AvgIpc) is 2.77. The van der Waals surface area contributed by atoms with Gasteiger partial charge in [0.05, 0.1) is 12.9 Å². The lowest BCUT2D eigenvalue weighted by molar-refractivity contribution is 0.258. The van der Waals surface area contributed by atoms with E-state index in [4.69, 9.17) is 8.61 Å². The van der Waals surface area contributed by atoms with Crippen LogP contribution in [-0.4, -0.2) is 36.2 Å². The first kappa shape index (κ1) is 28.2. The Bertz CT molecular complexity index is 999. The quantitative estimate of drug-likeness (QED) is 0.225. The maximum Gasteiger partial charge on any atom is 0.264 e. The second-order valence-corrected chi connectivity index (χ2v) is 16.1. The summed E-state index contributed by atoms with van der Waals surface area (Å²) in [6.45, 7) is 15.7. The molecule has 0 heterocycles. The van der Waals surface area contributed by atoms with Crippen LogP contribution in [0.4, 0.5) is 0 Å². The second kappa shape index (κ2) is 12.1. The van der Waals surface area contributed by atoms with E-state index in [1.54, 1.807) is 0 Å². The van der Waals surface area contributed by atoms with Gasteiger partial charge in [-0.2, -0.15) is 8.42 Å². The normalized spacial score (nSPS) is 14.0. The predicted octanol–water partition coefficient (Wildman–Crippen LogP) is 5.31. The molecule has 0 amide bonds. The van der Waals surface area contributed by atoms with Crippen LogP contribution in [0.1, 0.15) is 41.0 Å². The highest BCUT2D eigenvalue weighted by Gasteiger charge is 2.50. The van der Waals surface area contributed by atoms with E-state index in [0.29, 0.717) is 18.1 Å². The van der Waals surface area contributed by atoms with Crippen molar-refractivity contribution in [2.45, 2.75) is 46.1 Å². The molecule has 0 aliphatic rings. The van der Waals surface area contributed by atoms with Gasteiger partial charge in [-0.1, -0.05) is 114 Å². The van der Waals surface area contributed by atoms with Crippen LogP contribution >= 0.6 is 0 Å². The third-order valence-corrected chi connectivity index (χ3v) is 11.7. The first-order valence-corrected chi connectivity index (χ1v) is 15.5. The minimum atomic E-state index is -3.48. The van der Waals surface area contributed by atoms with Crippen molar-refractivity contribution in [3.63, 3.8) is 0 Å². The highest BCUT2D eigenvalue weighted by molar-refractivity contribution is 7.86. The average molecular weight is 501 g/mol. The van der Waals surface area contributed by atoms with E-state index in [0.717, 1.165) is 12.7 Å². The second-order valence-electron chi connectivity index (χ2n) is 10.2. The van der Waals surface area contributed by atoms with E-state index in [-0.39, 0.29) is 17.6 Å². The largest absolute Gasteiger partial charge is 0.407 e. The maximum atomic E-state index is 11.2. The molecule has 0 aliphatic heterocycles.